The molecule has 0 aliphatic carbocycles. The molecule has 6 heteroatoms. The molecule has 0 spiro atoms. The highest BCUT2D eigenvalue weighted by Crippen LogP contribution is 2.16. The lowest BCUT2D eigenvalue weighted by atomic mass is 10.1. The second kappa shape index (κ2) is 4.97. The first kappa shape index (κ1) is 11.8. The number of carbonyl (C=O) groups excluding carboxylic acids is 2. The fourth-order valence-corrected chi connectivity index (χ4v) is 1.83. The summed E-state index contributed by atoms with van der Waals surface area (Å²) in [6.45, 7) is 1.99. The zero-order valence-corrected chi connectivity index (χ0v) is 8.98. The van der Waals surface area contributed by atoms with Gasteiger partial charge in [0, 0.05) is 26.7 Å². The number of nitrogens with zero attached hydrogens (tertiary/aromatic N) is 2. The molecule has 1 heterocycles. The Hall–Kier alpha value is -1.30. The topological polar surface area (TPSA) is 92.7 Å². The highest BCUT2D eigenvalue weighted by molar-refractivity contribution is 5.77. The Morgan fingerprint density at radius 3 is 2.67 bits per heavy atom. The number of nitrogens with two attached hydrogens (primary N) is 2. The number of likely N-dealkylation sites (tertiary alicyclic amines) is 1. The first-order valence-electron chi connectivity index (χ1n) is 5.03. The summed E-state index contributed by atoms with van der Waals surface area (Å²) in [5, 5.41) is 0. The number of amides is 3. The molecule has 0 bridgehead atoms. The van der Waals surface area contributed by atoms with E-state index in [-0.39, 0.29) is 18.5 Å². The molecule has 4 N–H and O–H groups in total. The van der Waals surface area contributed by atoms with Crippen molar-refractivity contribution in [1.29, 1.82) is 0 Å². The SMILES string of the molecule is CN(CC1CCN(C(N)=O)C1)C(=O)CN. The molecule has 6 nitrogen and oxygen atoms in total. The van der Waals surface area contributed by atoms with Crippen molar-refractivity contribution in [1.82, 2.24) is 9.80 Å². The monoisotopic (exact) mass is 214 g/mol. The second-order valence-corrected chi connectivity index (χ2v) is 3.92. The highest BCUT2D eigenvalue weighted by atomic mass is 16.2. The molecule has 1 fully saturated rings. The average molecular weight is 214 g/mol. The van der Waals surface area contributed by atoms with Crippen LogP contribution in [0.4, 0.5) is 4.79 Å². The number of likely N-dealkylation sites (N-methyl/N-ethyl adjacent to an activating group) is 1. The van der Waals surface area contributed by atoms with Gasteiger partial charge < -0.3 is 21.3 Å². The molecule has 1 unspecified atom stereocenters. The predicted molar refractivity (Wildman–Crippen MR) is 56.0 cm³/mol. The van der Waals surface area contributed by atoms with Crippen LogP contribution in [-0.2, 0) is 4.79 Å². The van der Waals surface area contributed by atoms with Crippen LogP contribution in [0.15, 0.2) is 0 Å². The van der Waals surface area contributed by atoms with Crippen LogP contribution in [0.1, 0.15) is 6.42 Å². The maximum Gasteiger partial charge on any atom is 0.314 e. The predicted octanol–water partition coefficient (Wildman–Crippen LogP) is -1.20. The zero-order valence-electron chi connectivity index (χ0n) is 8.98. The molecule has 1 atom stereocenters. The number of hydrogen-bond donors (Lipinski definition) is 2. The molecule has 0 aromatic carbocycles. The van der Waals surface area contributed by atoms with E-state index in [9.17, 15) is 9.59 Å². The number of rotatable bonds is 3. The van der Waals surface area contributed by atoms with Crippen LogP contribution in [0.5, 0.6) is 0 Å². The Morgan fingerprint density at radius 2 is 2.20 bits per heavy atom. The van der Waals surface area contributed by atoms with E-state index in [0.29, 0.717) is 25.6 Å². The molecule has 0 saturated carbocycles. The minimum Gasteiger partial charge on any atom is -0.351 e. The molecule has 1 rings (SSSR count). The van der Waals surface area contributed by atoms with Crippen molar-refractivity contribution < 1.29 is 9.59 Å². The standard InChI is InChI=1S/C9H18N4O2/c1-12(8(14)4-10)5-7-2-3-13(6-7)9(11)15/h7H,2-6,10H2,1H3,(H2,11,15). The lowest BCUT2D eigenvalue weighted by Gasteiger charge is -2.20. The Kier molecular flexibility index (Phi) is 3.90. The Bertz CT molecular complexity index is 256. The van der Waals surface area contributed by atoms with E-state index in [1.807, 2.05) is 0 Å². The van der Waals surface area contributed by atoms with Gasteiger partial charge in [-0.05, 0) is 12.3 Å². The minimum absolute atomic E-state index is 0.0305. The van der Waals surface area contributed by atoms with Crippen LogP contribution in [0, 0.1) is 5.92 Å². The second-order valence-electron chi connectivity index (χ2n) is 3.92. The van der Waals surface area contributed by atoms with Gasteiger partial charge in [-0.25, -0.2) is 4.79 Å². The third kappa shape index (κ3) is 3.09. The van der Waals surface area contributed by atoms with Crippen molar-refractivity contribution in [2.45, 2.75) is 6.42 Å². The van der Waals surface area contributed by atoms with E-state index in [0.717, 1.165) is 6.42 Å². The van der Waals surface area contributed by atoms with Gasteiger partial charge in [-0.2, -0.15) is 0 Å². The van der Waals surface area contributed by atoms with Gasteiger partial charge in [0.1, 0.15) is 0 Å². The van der Waals surface area contributed by atoms with Crippen molar-refractivity contribution in [3.63, 3.8) is 0 Å². The molecular weight excluding hydrogens is 196 g/mol. The Morgan fingerprint density at radius 1 is 1.53 bits per heavy atom. The molecule has 86 valence electrons. The van der Waals surface area contributed by atoms with Crippen LogP contribution < -0.4 is 11.5 Å². The summed E-state index contributed by atoms with van der Waals surface area (Å²) in [7, 11) is 1.72. The van der Waals surface area contributed by atoms with E-state index in [2.05, 4.69) is 0 Å². The fraction of sp³-hybridized carbons (Fsp3) is 0.778. The largest absolute Gasteiger partial charge is 0.351 e. The van der Waals surface area contributed by atoms with Gasteiger partial charge in [0.05, 0.1) is 6.54 Å². The first-order valence-corrected chi connectivity index (χ1v) is 5.03. The van der Waals surface area contributed by atoms with Crippen LogP contribution >= 0.6 is 0 Å². The number of carbonyl (C=O) groups is 2. The normalized spacial score (nSPS) is 20.4. The first-order chi connectivity index (χ1) is 7.04. The third-order valence-electron chi connectivity index (χ3n) is 2.73. The highest BCUT2D eigenvalue weighted by Gasteiger charge is 2.26. The molecule has 3 amide bonds. The average Bonchev–Trinajstić information content (AvgIpc) is 2.65. The molecule has 15 heavy (non-hydrogen) atoms. The molecule has 1 saturated heterocycles. The number of primary amides is 1. The molecule has 1 aliphatic heterocycles. The molecular formula is C9H18N4O2. The Balaban J connectivity index is 2.36. The van der Waals surface area contributed by atoms with E-state index < -0.39 is 0 Å². The lowest BCUT2D eigenvalue weighted by Crippen LogP contribution is -2.38. The minimum atomic E-state index is -0.384. The van der Waals surface area contributed by atoms with Crippen molar-refractivity contribution >= 4 is 11.9 Å². The summed E-state index contributed by atoms with van der Waals surface area (Å²) in [6, 6.07) is -0.384. The maximum atomic E-state index is 11.2. The summed E-state index contributed by atoms with van der Waals surface area (Å²) in [4.78, 5) is 25.3. The van der Waals surface area contributed by atoms with E-state index in [1.165, 1.54) is 0 Å². The van der Waals surface area contributed by atoms with Gasteiger partial charge in [-0.15, -0.1) is 0 Å². The van der Waals surface area contributed by atoms with Gasteiger partial charge in [-0.1, -0.05) is 0 Å². The summed E-state index contributed by atoms with van der Waals surface area (Å²) >= 11 is 0. The van der Waals surface area contributed by atoms with Crippen molar-refractivity contribution in [3.8, 4) is 0 Å². The van der Waals surface area contributed by atoms with E-state index >= 15 is 0 Å². The third-order valence-corrected chi connectivity index (χ3v) is 2.73. The van der Waals surface area contributed by atoms with Crippen LogP contribution in [0.3, 0.4) is 0 Å². The summed E-state index contributed by atoms with van der Waals surface area (Å²) < 4.78 is 0. The van der Waals surface area contributed by atoms with Crippen molar-refractivity contribution in [2.24, 2.45) is 17.4 Å². The lowest BCUT2D eigenvalue weighted by molar-refractivity contribution is -0.128. The van der Waals surface area contributed by atoms with Crippen molar-refractivity contribution in [2.75, 3.05) is 33.2 Å². The van der Waals surface area contributed by atoms with E-state index in [1.54, 1.807) is 16.8 Å². The zero-order chi connectivity index (χ0) is 11.4. The Labute approximate surface area is 89.2 Å². The molecule has 0 aromatic heterocycles. The molecule has 0 radical (unpaired) electrons. The number of hydrogen-bond acceptors (Lipinski definition) is 3. The van der Waals surface area contributed by atoms with Crippen LogP contribution in [-0.4, -0.2) is 55.0 Å². The van der Waals surface area contributed by atoms with Crippen LogP contribution in [0.25, 0.3) is 0 Å². The maximum absolute atomic E-state index is 11.2. The number of urea groups is 1. The molecule has 0 aromatic rings. The van der Waals surface area contributed by atoms with Gasteiger partial charge in [0.2, 0.25) is 5.91 Å². The summed E-state index contributed by atoms with van der Waals surface area (Å²) in [6.07, 6.45) is 0.894. The van der Waals surface area contributed by atoms with Gasteiger partial charge in [0.25, 0.3) is 0 Å². The quantitative estimate of drug-likeness (QED) is 0.618. The smallest absolute Gasteiger partial charge is 0.314 e. The molecule has 1 aliphatic rings. The fourth-order valence-electron chi connectivity index (χ4n) is 1.83. The van der Waals surface area contributed by atoms with Crippen LogP contribution in [0.2, 0.25) is 0 Å². The van der Waals surface area contributed by atoms with Gasteiger partial charge in [-0.3, -0.25) is 4.79 Å². The van der Waals surface area contributed by atoms with Gasteiger partial charge >= 0.3 is 6.03 Å². The van der Waals surface area contributed by atoms with E-state index in [4.69, 9.17) is 11.5 Å². The van der Waals surface area contributed by atoms with Gasteiger partial charge in [0.15, 0.2) is 0 Å². The summed E-state index contributed by atoms with van der Waals surface area (Å²) in [5.41, 5.74) is 10.4. The summed E-state index contributed by atoms with van der Waals surface area (Å²) in [5.74, 6) is 0.241. The van der Waals surface area contributed by atoms with Crippen molar-refractivity contribution in [3.05, 3.63) is 0 Å².